The predicted octanol–water partition coefficient (Wildman–Crippen LogP) is 0.740. The molecule has 0 bridgehead atoms. The minimum atomic E-state index is -0.298. The van der Waals surface area contributed by atoms with Gasteiger partial charge in [-0.2, -0.15) is 0 Å². The van der Waals surface area contributed by atoms with E-state index in [-0.39, 0.29) is 24.5 Å². The second kappa shape index (κ2) is 8.13. The van der Waals surface area contributed by atoms with Crippen LogP contribution in [0.5, 0.6) is 0 Å². The fraction of sp³-hybridized carbons (Fsp3) is 0.385. The summed E-state index contributed by atoms with van der Waals surface area (Å²) in [6.07, 6.45) is -0.0881. The summed E-state index contributed by atoms with van der Waals surface area (Å²) < 4.78 is 5.04. The molecule has 20 heavy (non-hydrogen) atoms. The van der Waals surface area contributed by atoms with Gasteiger partial charge in [0.15, 0.2) is 0 Å². The maximum atomic E-state index is 11.7. The van der Waals surface area contributed by atoms with Crippen molar-refractivity contribution in [3.63, 3.8) is 0 Å². The largest absolute Gasteiger partial charge is 0.380 e. The average Bonchev–Trinajstić information content (AvgIpc) is 2.46. The number of urea groups is 1. The summed E-state index contributed by atoms with van der Waals surface area (Å²) in [5, 5.41) is 7.81. The van der Waals surface area contributed by atoms with E-state index in [1.807, 2.05) is 0 Å². The number of rotatable bonds is 6. The Morgan fingerprint density at radius 2 is 1.75 bits per heavy atom. The summed E-state index contributed by atoms with van der Waals surface area (Å²) in [6.45, 7) is 0.291. The molecule has 1 rings (SSSR count). The first-order valence-corrected chi connectivity index (χ1v) is 6.20. The van der Waals surface area contributed by atoms with Crippen LogP contribution in [0.15, 0.2) is 24.3 Å². The first kappa shape index (κ1) is 15.9. The minimum Gasteiger partial charge on any atom is -0.380 e. The monoisotopic (exact) mass is 280 g/mol. The van der Waals surface area contributed by atoms with Crippen LogP contribution in [-0.2, 0) is 9.53 Å². The molecule has 1 aromatic carbocycles. The van der Waals surface area contributed by atoms with E-state index in [2.05, 4.69) is 16.0 Å². The van der Waals surface area contributed by atoms with E-state index in [1.165, 1.54) is 14.2 Å². The van der Waals surface area contributed by atoms with Gasteiger partial charge in [0.25, 0.3) is 0 Å². The number of nitrogens with two attached hydrogens (primary N) is 1. The van der Waals surface area contributed by atoms with Crippen molar-refractivity contribution >= 4 is 23.3 Å². The number of carbonyl (C=O) groups excluding carboxylic acids is 2. The summed E-state index contributed by atoms with van der Waals surface area (Å²) in [7, 11) is 3.05. The molecule has 110 valence electrons. The van der Waals surface area contributed by atoms with Crippen LogP contribution < -0.4 is 21.7 Å². The molecular weight excluding hydrogens is 260 g/mol. The van der Waals surface area contributed by atoms with Gasteiger partial charge in [0.2, 0.25) is 5.91 Å². The smallest absolute Gasteiger partial charge is 0.318 e. The molecular formula is C13H20N4O3. The van der Waals surface area contributed by atoms with Crippen molar-refractivity contribution in [1.82, 2.24) is 5.32 Å². The van der Waals surface area contributed by atoms with Gasteiger partial charge in [-0.15, -0.1) is 0 Å². The van der Waals surface area contributed by atoms with Gasteiger partial charge in [0, 0.05) is 32.1 Å². The van der Waals surface area contributed by atoms with Crippen LogP contribution in [0.4, 0.5) is 16.2 Å². The van der Waals surface area contributed by atoms with Crippen LogP contribution >= 0.6 is 0 Å². The van der Waals surface area contributed by atoms with E-state index in [4.69, 9.17) is 10.5 Å². The lowest BCUT2D eigenvalue weighted by atomic mass is 10.2. The third-order valence-electron chi connectivity index (χ3n) is 2.66. The number of amides is 3. The van der Waals surface area contributed by atoms with Crippen molar-refractivity contribution in [2.45, 2.75) is 12.5 Å². The molecule has 0 fully saturated rings. The number of benzene rings is 1. The summed E-state index contributed by atoms with van der Waals surface area (Å²) in [6, 6.07) is 6.50. The zero-order chi connectivity index (χ0) is 15.0. The standard InChI is InChI=1S/C13H20N4O3/c1-15-13(19)17-10-5-3-9(4-6-10)16-12(18)7-11(8-14)20-2/h3-6,11H,7-8,14H2,1-2H3,(H,16,18)(H2,15,17,19). The van der Waals surface area contributed by atoms with Crippen molar-refractivity contribution in [3.05, 3.63) is 24.3 Å². The van der Waals surface area contributed by atoms with Gasteiger partial charge in [0.1, 0.15) is 0 Å². The minimum absolute atomic E-state index is 0.172. The Morgan fingerprint density at radius 1 is 1.20 bits per heavy atom. The van der Waals surface area contributed by atoms with Gasteiger partial charge in [0.05, 0.1) is 12.5 Å². The molecule has 0 saturated heterocycles. The highest BCUT2D eigenvalue weighted by Crippen LogP contribution is 2.14. The lowest BCUT2D eigenvalue weighted by molar-refractivity contribution is -0.118. The lowest BCUT2D eigenvalue weighted by Crippen LogP contribution is -2.28. The van der Waals surface area contributed by atoms with Crippen LogP contribution in [-0.4, -0.2) is 38.7 Å². The van der Waals surface area contributed by atoms with Crippen LogP contribution in [0.3, 0.4) is 0 Å². The molecule has 0 aliphatic carbocycles. The number of hydrogen-bond acceptors (Lipinski definition) is 4. The third-order valence-corrected chi connectivity index (χ3v) is 2.66. The van der Waals surface area contributed by atoms with Crippen molar-refractivity contribution in [2.75, 3.05) is 31.3 Å². The van der Waals surface area contributed by atoms with E-state index < -0.39 is 0 Å². The number of methoxy groups -OCH3 is 1. The van der Waals surface area contributed by atoms with E-state index in [9.17, 15) is 9.59 Å². The number of carbonyl (C=O) groups is 2. The fourth-order valence-corrected chi connectivity index (χ4v) is 1.51. The van der Waals surface area contributed by atoms with E-state index in [1.54, 1.807) is 24.3 Å². The SMILES string of the molecule is CNC(=O)Nc1ccc(NC(=O)CC(CN)OC)cc1. The number of nitrogens with one attached hydrogen (secondary N) is 3. The van der Waals surface area contributed by atoms with Gasteiger partial charge in [-0.05, 0) is 24.3 Å². The lowest BCUT2D eigenvalue weighted by Gasteiger charge is -2.13. The van der Waals surface area contributed by atoms with Crippen molar-refractivity contribution in [1.29, 1.82) is 0 Å². The molecule has 7 heteroatoms. The van der Waals surface area contributed by atoms with Gasteiger partial charge in [-0.25, -0.2) is 4.79 Å². The van der Waals surface area contributed by atoms with Gasteiger partial charge in [-0.1, -0.05) is 0 Å². The van der Waals surface area contributed by atoms with E-state index in [0.717, 1.165) is 0 Å². The summed E-state index contributed by atoms with van der Waals surface area (Å²) in [4.78, 5) is 22.8. The highest BCUT2D eigenvalue weighted by Gasteiger charge is 2.11. The van der Waals surface area contributed by atoms with E-state index in [0.29, 0.717) is 17.9 Å². The maximum absolute atomic E-state index is 11.7. The first-order chi connectivity index (χ1) is 9.58. The van der Waals surface area contributed by atoms with Crippen molar-refractivity contribution < 1.29 is 14.3 Å². The van der Waals surface area contributed by atoms with Crippen LogP contribution in [0.1, 0.15) is 6.42 Å². The molecule has 0 aromatic heterocycles. The van der Waals surface area contributed by atoms with Gasteiger partial charge >= 0.3 is 6.03 Å². The molecule has 1 atom stereocenters. The third kappa shape index (κ3) is 5.25. The Kier molecular flexibility index (Phi) is 6.48. The first-order valence-electron chi connectivity index (χ1n) is 6.20. The Balaban J connectivity index is 2.52. The Labute approximate surface area is 117 Å². The second-order valence-electron chi connectivity index (χ2n) is 4.13. The molecule has 5 N–H and O–H groups in total. The van der Waals surface area contributed by atoms with Gasteiger partial charge < -0.3 is 26.4 Å². The summed E-state index contributed by atoms with van der Waals surface area (Å²) in [5.74, 6) is -0.172. The Hall–Kier alpha value is -2.12. The Morgan fingerprint density at radius 3 is 2.20 bits per heavy atom. The van der Waals surface area contributed by atoms with Crippen LogP contribution in [0.2, 0.25) is 0 Å². The highest BCUT2D eigenvalue weighted by atomic mass is 16.5. The van der Waals surface area contributed by atoms with Crippen LogP contribution in [0, 0.1) is 0 Å². The second-order valence-corrected chi connectivity index (χ2v) is 4.13. The topological polar surface area (TPSA) is 105 Å². The summed E-state index contributed by atoms with van der Waals surface area (Å²) in [5.41, 5.74) is 6.73. The number of hydrogen-bond donors (Lipinski definition) is 4. The molecule has 1 aromatic rings. The molecule has 0 saturated carbocycles. The zero-order valence-corrected chi connectivity index (χ0v) is 11.6. The zero-order valence-electron chi connectivity index (χ0n) is 11.6. The quantitative estimate of drug-likeness (QED) is 0.616. The molecule has 0 heterocycles. The molecule has 3 amide bonds. The predicted molar refractivity (Wildman–Crippen MR) is 77.6 cm³/mol. The van der Waals surface area contributed by atoms with E-state index >= 15 is 0 Å². The number of ether oxygens (including phenoxy) is 1. The molecule has 0 radical (unpaired) electrons. The normalized spacial score (nSPS) is 11.6. The molecule has 1 unspecified atom stereocenters. The number of anilines is 2. The molecule has 0 aliphatic rings. The van der Waals surface area contributed by atoms with Crippen molar-refractivity contribution in [2.24, 2.45) is 5.73 Å². The highest BCUT2D eigenvalue weighted by molar-refractivity contribution is 5.92. The van der Waals surface area contributed by atoms with Crippen molar-refractivity contribution in [3.8, 4) is 0 Å². The van der Waals surface area contributed by atoms with Gasteiger partial charge in [-0.3, -0.25) is 4.79 Å². The molecule has 0 spiro atoms. The summed E-state index contributed by atoms with van der Waals surface area (Å²) >= 11 is 0. The Bertz CT molecular complexity index is 443. The average molecular weight is 280 g/mol. The maximum Gasteiger partial charge on any atom is 0.318 e. The van der Waals surface area contributed by atoms with Crippen LogP contribution in [0.25, 0.3) is 0 Å². The molecule has 7 nitrogen and oxygen atoms in total. The molecule has 0 aliphatic heterocycles. The fourth-order valence-electron chi connectivity index (χ4n) is 1.51.